The highest BCUT2D eigenvalue weighted by Gasteiger charge is 2.35. The van der Waals surface area contributed by atoms with Crippen LogP contribution >= 0.6 is 12.4 Å². The summed E-state index contributed by atoms with van der Waals surface area (Å²) in [6, 6.07) is 0. The second-order valence-corrected chi connectivity index (χ2v) is 1.90. The lowest BCUT2D eigenvalue weighted by Gasteiger charge is -2.13. The number of halogens is 4. The average Bonchev–Trinajstić information content (AvgIpc) is 1.64. The van der Waals surface area contributed by atoms with Crippen molar-refractivity contribution < 1.29 is 17.9 Å². The van der Waals surface area contributed by atoms with Gasteiger partial charge in [-0.2, -0.15) is 13.2 Å². The first-order chi connectivity index (χ1) is 3.98. The Morgan fingerprint density at radius 2 is 1.80 bits per heavy atom. The van der Waals surface area contributed by atoms with Gasteiger partial charge in [-0.1, -0.05) is 6.92 Å². The maximum absolute atomic E-state index is 11.6. The van der Waals surface area contributed by atoms with E-state index >= 15 is 0 Å². The van der Waals surface area contributed by atoms with E-state index in [1.165, 1.54) is 7.11 Å². The molecule has 0 saturated heterocycles. The third kappa shape index (κ3) is 4.88. The molecule has 0 bridgehead atoms. The number of alkyl halides is 3. The van der Waals surface area contributed by atoms with Gasteiger partial charge in [0.1, 0.15) is 0 Å². The molecule has 0 amide bonds. The van der Waals surface area contributed by atoms with E-state index in [0.29, 0.717) is 0 Å². The van der Waals surface area contributed by atoms with Crippen LogP contribution in [0.2, 0.25) is 0 Å². The van der Waals surface area contributed by atoms with Crippen LogP contribution in [0.15, 0.2) is 0 Å². The molecule has 0 aliphatic carbocycles. The summed E-state index contributed by atoms with van der Waals surface area (Å²) < 4.78 is 39.0. The van der Waals surface area contributed by atoms with Gasteiger partial charge in [0.25, 0.3) is 0 Å². The quantitative estimate of drug-likeness (QED) is 0.630. The Labute approximate surface area is 64.0 Å². The molecule has 64 valence electrons. The molecule has 1 unspecified atom stereocenters. The van der Waals surface area contributed by atoms with E-state index in [0.717, 1.165) is 6.92 Å². The van der Waals surface area contributed by atoms with Crippen molar-refractivity contribution in [2.75, 3.05) is 13.7 Å². The molecule has 0 heterocycles. The van der Waals surface area contributed by atoms with Crippen molar-refractivity contribution >= 4 is 12.4 Å². The van der Waals surface area contributed by atoms with Crippen LogP contribution < -0.4 is 0 Å². The van der Waals surface area contributed by atoms with E-state index in [4.69, 9.17) is 0 Å². The number of methoxy groups -OCH3 is 1. The largest absolute Gasteiger partial charge is 0.393 e. The second kappa shape index (κ2) is 4.79. The summed E-state index contributed by atoms with van der Waals surface area (Å²) in [6.45, 7) is 0.826. The fraction of sp³-hybridized carbons (Fsp3) is 1.00. The van der Waals surface area contributed by atoms with Crippen molar-refractivity contribution in [3.63, 3.8) is 0 Å². The van der Waals surface area contributed by atoms with Crippen molar-refractivity contribution in [2.24, 2.45) is 5.92 Å². The van der Waals surface area contributed by atoms with E-state index in [-0.39, 0.29) is 19.0 Å². The lowest BCUT2D eigenvalue weighted by Crippen LogP contribution is -2.23. The van der Waals surface area contributed by atoms with Crippen LogP contribution in [0.1, 0.15) is 6.92 Å². The zero-order chi connectivity index (χ0) is 7.49. The normalized spacial score (nSPS) is 14.1. The monoisotopic (exact) mass is 178 g/mol. The van der Waals surface area contributed by atoms with Crippen LogP contribution in [0.5, 0.6) is 0 Å². The Balaban J connectivity index is 0. The van der Waals surface area contributed by atoms with Gasteiger partial charge in [0, 0.05) is 7.11 Å². The van der Waals surface area contributed by atoms with Crippen LogP contribution in [0.4, 0.5) is 13.2 Å². The van der Waals surface area contributed by atoms with E-state index in [1.54, 1.807) is 0 Å². The molecule has 0 saturated carbocycles. The lowest BCUT2D eigenvalue weighted by atomic mass is 10.2. The molecule has 0 aliphatic heterocycles. The van der Waals surface area contributed by atoms with Crippen molar-refractivity contribution in [1.82, 2.24) is 0 Å². The summed E-state index contributed by atoms with van der Waals surface area (Å²) in [5.74, 6) is -1.36. The van der Waals surface area contributed by atoms with Crippen LogP contribution in [-0.2, 0) is 4.74 Å². The predicted octanol–water partition coefficient (Wildman–Crippen LogP) is 2.25. The first-order valence-corrected chi connectivity index (χ1v) is 2.54. The fourth-order valence-electron chi connectivity index (χ4n) is 0.344. The summed E-state index contributed by atoms with van der Waals surface area (Å²) in [7, 11) is 1.25. The van der Waals surface area contributed by atoms with E-state index in [1.807, 2.05) is 0 Å². The molecule has 0 spiro atoms. The molecule has 0 aliphatic rings. The van der Waals surface area contributed by atoms with E-state index in [2.05, 4.69) is 4.74 Å². The molecular formula is C5H10ClF3O. The van der Waals surface area contributed by atoms with Gasteiger partial charge in [-0.05, 0) is 0 Å². The molecule has 0 N–H and O–H groups in total. The second-order valence-electron chi connectivity index (χ2n) is 1.90. The van der Waals surface area contributed by atoms with Gasteiger partial charge in [-0.15, -0.1) is 12.4 Å². The van der Waals surface area contributed by atoms with Gasteiger partial charge in [0.05, 0.1) is 12.5 Å². The summed E-state index contributed by atoms with van der Waals surface area (Å²) in [5, 5.41) is 0. The third-order valence-corrected chi connectivity index (χ3v) is 0.975. The maximum Gasteiger partial charge on any atom is 0.393 e. The van der Waals surface area contributed by atoms with Gasteiger partial charge in [-0.25, -0.2) is 0 Å². The first-order valence-electron chi connectivity index (χ1n) is 2.54. The van der Waals surface area contributed by atoms with Crippen molar-refractivity contribution in [3.05, 3.63) is 0 Å². The number of hydrogen-bond acceptors (Lipinski definition) is 1. The van der Waals surface area contributed by atoms with Crippen LogP contribution in [0, 0.1) is 5.92 Å². The Morgan fingerprint density at radius 1 is 1.40 bits per heavy atom. The van der Waals surface area contributed by atoms with Gasteiger partial charge >= 0.3 is 6.18 Å². The van der Waals surface area contributed by atoms with Crippen LogP contribution in [0.3, 0.4) is 0 Å². The predicted molar refractivity (Wildman–Crippen MR) is 34.3 cm³/mol. The van der Waals surface area contributed by atoms with Gasteiger partial charge in [-0.3, -0.25) is 0 Å². The zero-order valence-corrected chi connectivity index (χ0v) is 6.55. The molecule has 10 heavy (non-hydrogen) atoms. The highest BCUT2D eigenvalue weighted by Crippen LogP contribution is 2.25. The molecular weight excluding hydrogens is 169 g/mol. The molecule has 5 heteroatoms. The Kier molecular flexibility index (Phi) is 6.09. The molecule has 0 aromatic rings. The highest BCUT2D eigenvalue weighted by atomic mass is 35.5. The van der Waals surface area contributed by atoms with Crippen molar-refractivity contribution in [2.45, 2.75) is 13.1 Å². The molecule has 0 fully saturated rings. The minimum absolute atomic E-state index is 0. The molecule has 1 atom stereocenters. The Hall–Kier alpha value is 0.0400. The molecule has 0 aromatic heterocycles. The van der Waals surface area contributed by atoms with Gasteiger partial charge < -0.3 is 4.74 Å². The van der Waals surface area contributed by atoms with Gasteiger partial charge in [0.15, 0.2) is 0 Å². The van der Waals surface area contributed by atoms with Crippen LogP contribution in [0.25, 0.3) is 0 Å². The third-order valence-electron chi connectivity index (χ3n) is 0.975. The summed E-state index contributed by atoms with van der Waals surface area (Å²) in [6.07, 6.45) is -4.12. The smallest absolute Gasteiger partial charge is 0.384 e. The topological polar surface area (TPSA) is 9.23 Å². The number of ether oxygens (including phenoxy) is 1. The van der Waals surface area contributed by atoms with Gasteiger partial charge in [0.2, 0.25) is 0 Å². The average molecular weight is 179 g/mol. The first kappa shape index (κ1) is 12.7. The Bertz CT molecular complexity index is 83.5. The Morgan fingerprint density at radius 3 is 1.90 bits per heavy atom. The molecule has 0 radical (unpaired) electrons. The zero-order valence-electron chi connectivity index (χ0n) is 5.73. The lowest BCUT2D eigenvalue weighted by molar-refractivity contribution is -0.180. The minimum Gasteiger partial charge on any atom is -0.384 e. The summed E-state index contributed by atoms with van der Waals surface area (Å²) in [5.41, 5.74) is 0. The van der Waals surface area contributed by atoms with E-state index < -0.39 is 12.1 Å². The maximum atomic E-state index is 11.6. The summed E-state index contributed by atoms with van der Waals surface area (Å²) in [4.78, 5) is 0. The standard InChI is InChI=1S/C5H9F3O.ClH/c1-4(3-9-2)5(6,7)8;/h4H,3H2,1-2H3;1H. The van der Waals surface area contributed by atoms with Crippen LogP contribution in [-0.4, -0.2) is 19.9 Å². The highest BCUT2D eigenvalue weighted by molar-refractivity contribution is 5.85. The number of rotatable bonds is 2. The molecule has 0 rings (SSSR count). The molecule has 1 nitrogen and oxygen atoms in total. The van der Waals surface area contributed by atoms with E-state index in [9.17, 15) is 13.2 Å². The SMILES string of the molecule is COCC(C)C(F)(F)F.Cl. The van der Waals surface area contributed by atoms with Crippen molar-refractivity contribution in [3.8, 4) is 0 Å². The number of hydrogen-bond donors (Lipinski definition) is 0. The fourth-order valence-corrected chi connectivity index (χ4v) is 0.344. The summed E-state index contributed by atoms with van der Waals surface area (Å²) >= 11 is 0. The molecule has 0 aromatic carbocycles. The van der Waals surface area contributed by atoms with Crippen molar-refractivity contribution in [1.29, 1.82) is 0 Å². The minimum atomic E-state index is -4.12.